The molecule has 1 aliphatic carbocycles. The molecule has 1 aromatic heterocycles. The largest absolute Gasteiger partial charge is 0.395 e. The standard InChI is InChI=1S/C11H15ClN5O.C2H6.V/c1-5-2-6(3-7(5)18)17-4-14-8-9(13)15-11(12)16-10(8)17;1-2;/h5-7,14,18H,1-4H2,(H2,13,15,16);1-2H3;/q-1;;/t5?,6?,7-;;/m1../s1. The van der Waals surface area contributed by atoms with Gasteiger partial charge in [0, 0.05) is 30.7 Å². The molecule has 1 fully saturated rings. The summed E-state index contributed by atoms with van der Waals surface area (Å²) in [7, 11) is 0. The first-order valence-corrected chi connectivity index (χ1v) is 7.28. The number of aliphatic hydroxyl groups excluding tert-OH is 1. The van der Waals surface area contributed by atoms with E-state index in [2.05, 4.69) is 27.1 Å². The van der Waals surface area contributed by atoms with E-state index in [0.29, 0.717) is 18.9 Å². The summed E-state index contributed by atoms with van der Waals surface area (Å²) < 4.78 is 0. The van der Waals surface area contributed by atoms with Crippen molar-refractivity contribution in [2.75, 3.05) is 22.6 Å². The van der Waals surface area contributed by atoms with Crippen molar-refractivity contribution in [3.63, 3.8) is 0 Å². The molecule has 117 valence electrons. The van der Waals surface area contributed by atoms with Gasteiger partial charge in [0.2, 0.25) is 5.28 Å². The Bertz CT molecular complexity index is 480. The topological polar surface area (TPSA) is 87.3 Å². The van der Waals surface area contributed by atoms with E-state index < -0.39 is 0 Å². The van der Waals surface area contributed by atoms with Crippen LogP contribution in [0.25, 0.3) is 0 Å². The average Bonchev–Trinajstić information content (AvgIpc) is 2.96. The zero-order valence-corrected chi connectivity index (χ0v) is 14.4. The maximum absolute atomic E-state index is 9.79. The molecule has 0 bridgehead atoms. The molecule has 2 heterocycles. The minimum absolute atomic E-state index is 0. The summed E-state index contributed by atoms with van der Waals surface area (Å²) >= 11 is 5.84. The second-order valence-electron chi connectivity index (χ2n) is 4.83. The molecule has 0 aromatic carbocycles. The van der Waals surface area contributed by atoms with Gasteiger partial charge in [-0.15, -0.1) is 5.92 Å². The molecule has 1 aromatic rings. The van der Waals surface area contributed by atoms with Crippen molar-refractivity contribution in [2.45, 2.75) is 38.8 Å². The van der Waals surface area contributed by atoms with Gasteiger partial charge in [-0.25, -0.2) is 0 Å². The molecule has 8 heteroatoms. The second kappa shape index (κ2) is 7.54. The van der Waals surface area contributed by atoms with Crippen LogP contribution in [0.3, 0.4) is 0 Å². The number of aromatic nitrogens is 2. The molecule has 3 atom stereocenters. The summed E-state index contributed by atoms with van der Waals surface area (Å²) in [6, 6.07) is 0.210. The van der Waals surface area contributed by atoms with Crippen molar-refractivity contribution in [3.05, 3.63) is 12.2 Å². The third-order valence-corrected chi connectivity index (χ3v) is 3.83. The van der Waals surface area contributed by atoms with Crippen molar-refractivity contribution in [1.29, 1.82) is 0 Å². The fourth-order valence-electron chi connectivity index (χ4n) is 2.69. The molecular weight excluding hydrogens is 329 g/mol. The van der Waals surface area contributed by atoms with Gasteiger partial charge in [-0.05, 0) is 18.0 Å². The van der Waals surface area contributed by atoms with Crippen molar-refractivity contribution in [2.24, 2.45) is 5.92 Å². The number of aliphatic hydroxyl groups is 1. The van der Waals surface area contributed by atoms with Crippen LogP contribution >= 0.6 is 11.6 Å². The number of anilines is 3. The van der Waals surface area contributed by atoms with Crippen molar-refractivity contribution < 1.29 is 23.7 Å². The first-order chi connectivity index (χ1) is 9.56. The molecule has 3 rings (SSSR count). The van der Waals surface area contributed by atoms with E-state index >= 15 is 0 Å². The molecule has 0 saturated heterocycles. The molecule has 0 spiro atoms. The van der Waals surface area contributed by atoms with Crippen LogP contribution in [0.1, 0.15) is 26.7 Å². The van der Waals surface area contributed by atoms with Crippen LogP contribution in [0.4, 0.5) is 17.3 Å². The molecule has 6 nitrogen and oxygen atoms in total. The molecule has 1 radical (unpaired) electrons. The van der Waals surface area contributed by atoms with Gasteiger partial charge in [-0.3, -0.25) is 0 Å². The zero-order valence-electron chi connectivity index (χ0n) is 12.3. The Balaban J connectivity index is 0.000000706. The SMILES string of the molecule is CC.[CH2-]C1CC(N2CNc3c(N)nc(Cl)nc32)C[C@H]1O.[V]. The van der Waals surface area contributed by atoms with Crippen LogP contribution in [0.2, 0.25) is 5.28 Å². The number of rotatable bonds is 1. The van der Waals surface area contributed by atoms with E-state index in [9.17, 15) is 5.11 Å². The van der Waals surface area contributed by atoms with E-state index in [-0.39, 0.29) is 41.9 Å². The average molecular weight is 350 g/mol. The predicted octanol–water partition coefficient (Wildman–Crippen LogP) is 1.90. The molecule has 0 amide bonds. The Labute approximate surface area is 142 Å². The van der Waals surface area contributed by atoms with Crippen LogP contribution in [-0.2, 0) is 18.6 Å². The summed E-state index contributed by atoms with van der Waals surface area (Å²) in [5.74, 6) is 1.14. The molecule has 2 unspecified atom stereocenters. The van der Waals surface area contributed by atoms with Crippen LogP contribution in [0, 0.1) is 12.8 Å². The first-order valence-electron chi connectivity index (χ1n) is 6.91. The fraction of sp³-hybridized carbons (Fsp3) is 0.615. The van der Waals surface area contributed by atoms with Gasteiger partial charge in [-0.2, -0.15) is 9.97 Å². The minimum Gasteiger partial charge on any atom is -0.395 e. The molecule has 4 N–H and O–H groups in total. The first kappa shape index (κ1) is 18.4. The predicted molar refractivity (Wildman–Crippen MR) is 81.6 cm³/mol. The van der Waals surface area contributed by atoms with Crippen LogP contribution in [-0.4, -0.2) is 33.9 Å². The Kier molecular flexibility index (Phi) is 6.59. The van der Waals surface area contributed by atoms with E-state index in [1.54, 1.807) is 0 Å². The van der Waals surface area contributed by atoms with E-state index in [0.717, 1.165) is 17.9 Å². The normalized spacial score (nSPS) is 26.3. The zero-order chi connectivity index (χ0) is 14.9. The maximum Gasteiger partial charge on any atom is 0.226 e. The fourth-order valence-corrected chi connectivity index (χ4v) is 2.86. The third kappa shape index (κ3) is 3.56. The van der Waals surface area contributed by atoms with Gasteiger partial charge < -0.3 is 28.0 Å². The molecular formula is C13H21ClN5OV-. The van der Waals surface area contributed by atoms with Crippen LogP contribution in [0.5, 0.6) is 0 Å². The smallest absolute Gasteiger partial charge is 0.226 e. The summed E-state index contributed by atoms with van der Waals surface area (Å²) in [4.78, 5) is 10.2. The molecule has 21 heavy (non-hydrogen) atoms. The Hall–Kier alpha value is -0.686. The monoisotopic (exact) mass is 349 g/mol. The number of halogens is 1. The molecule has 2 aliphatic rings. The summed E-state index contributed by atoms with van der Waals surface area (Å²) in [5, 5.41) is 13.1. The van der Waals surface area contributed by atoms with Crippen molar-refractivity contribution in [1.82, 2.24) is 9.97 Å². The van der Waals surface area contributed by atoms with E-state index in [4.69, 9.17) is 17.3 Å². The number of nitrogens with one attached hydrogen (secondary N) is 1. The number of nitrogens with two attached hydrogens (primary N) is 1. The van der Waals surface area contributed by atoms with Crippen LogP contribution in [0.15, 0.2) is 0 Å². The third-order valence-electron chi connectivity index (χ3n) is 3.66. The van der Waals surface area contributed by atoms with Gasteiger partial charge in [0.05, 0.1) is 6.67 Å². The quantitative estimate of drug-likeness (QED) is 0.530. The van der Waals surface area contributed by atoms with E-state index in [1.807, 2.05) is 13.8 Å². The summed E-state index contributed by atoms with van der Waals surface area (Å²) in [5.41, 5.74) is 6.53. The Morgan fingerprint density at radius 1 is 1.38 bits per heavy atom. The summed E-state index contributed by atoms with van der Waals surface area (Å²) in [6.45, 7) is 8.56. The Morgan fingerprint density at radius 2 is 2.05 bits per heavy atom. The number of hydrogen-bond acceptors (Lipinski definition) is 6. The maximum atomic E-state index is 9.79. The molecule has 1 saturated carbocycles. The van der Waals surface area contributed by atoms with E-state index in [1.165, 1.54) is 0 Å². The van der Waals surface area contributed by atoms with Crippen molar-refractivity contribution in [3.8, 4) is 0 Å². The summed E-state index contributed by atoms with van der Waals surface area (Å²) in [6.07, 6.45) is 1.18. The number of fused-ring (bicyclic) bond motifs is 1. The minimum atomic E-state index is -0.353. The van der Waals surface area contributed by atoms with Gasteiger partial charge >= 0.3 is 0 Å². The second-order valence-corrected chi connectivity index (χ2v) is 5.17. The molecule has 1 aliphatic heterocycles. The van der Waals surface area contributed by atoms with Crippen LogP contribution < -0.4 is 16.0 Å². The number of hydrogen-bond donors (Lipinski definition) is 3. The Morgan fingerprint density at radius 3 is 2.62 bits per heavy atom. The van der Waals surface area contributed by atoms with Gasteiger partial charge in [-0.1, -0.05) is 20.3 Å². The van der Waals surface area contributed by atoms with Gasteiger partial charge in [0.25, 0.3) is 0 Å². The van der Waals surface area contributed by atoms with Gasteiger partial charge in [0.1, 0.15) is 5.69 Å². The van der Waals surface area contributed by atoms with Gasteiger partial charge in [0.15, 0.2) is 11.6 Å². The number of nitrogens with zero attached hydrogens (tertiary/aromatic N) is 3. The number of nitrogen functional groups attached to an aromatic ring is 1. The van der Waals surface area contributed by atoms with Crippen molar-refractivity contribution >= 4 is 28.9 Å².